The standard InChI is InChI=1S/C22H22ClN5O2.C22H23N5O.C21H19F2N5O2.CH4/c1-11-4-5-14(9-16(11)23)8-15(24)10-28-18-7-13(3)12(2)6-17(18)25-19-20(28)26-22(30)27-21(19)29;1-13-9-18-19(10-14(13)2)27(12-17(23)11-16-7-5-4-6-8-16)21-20(26-18)22(28)25-15(3)24-21;1-10-5-16-17(6-11(10)2)28(19-18(25-16)20(29)27-21(30)26-19)9-13(24)7-12-3-4-14(22)15(23)8-12;/h4-7,9,15H,8,10,24H2,1-3H3,(H,27,29,30);4-10,17H,3,11-12,23H2,1-2H3,(H,25,28);3-6,8,13H,7,9,24H2,1-2H3,(H,27,29,30);1H4. The van der Waals surface area contributed by atoms with E-state index in [2.05, 4.69) is 76.6 Å². The Kier molecular flexibility index (Phi) is 18.8. The van der Waals surface area contributed by atoms with Crippen molar-refractivity contribution in [3.05, 3.63) is 238 Å². The fraction of sp³-hybridized carbons (Fsp3) is 0.258. The van der Waals surface area contributed by atoms with Gasteiger partial charge in [0.1, 0.15) is 5.48 Å². The minimum atomic E-state index is -0.942. The Morgan fingerprint density at radius 3 is 1.54 bits per heavy atom. The molecule has 20 nitrogen and oxygen atoms in total. The topological polar surface area (TPSA) is 301 Å². The number of hydrogen-bond donors (Lipinski definition) is 6. The molecular formula is C66H68ClF2N15O5. The maximum Gasteiger partial charge on any atom is 0.349 e. The summed E-state index contributed by atoms with van der Waals surface area (Å²) in [6.45, 7) is 18.8. The number of benzene rings is 6. The van der Waals surface area contributed by atoms with E-state index in [1.807, 2.05) is 118 Å². The number of aromatic amines is 3. The minimum Gasteiger partial charge on any atom is -0.326 e. The summed E-state index contributed by atoms with van der Waals surface area (Å²) in [6, 6.07) is 30.4. The summed E-state index contributed by atoms with van der Waals surface area (Å²) in [4.78, 5) is 95.8. The van der Waals surface area contributed by atoms with Gasteiger partial charge in [-0.3, -0.25) is 24.4 Å². The molecule has 0 spiro atoms. The second-order valence-corrected chi connectivity index (χ2v) is 22.8. The van der Waals surface area contributed by atoms with E-state index in [1.165, 1.54) is 11.6 Å². The van der Waals surface area contributed by atoms with E-state index < -0.39 is 40.2 Å². The predicted octanol–water partition coefficient (Wildman–Crippen LogP) is 7.19. The second-order valence-electron chi connectivity index (χ2n) is 22.4. The van der Waals surface area contributed by atoms with E-state index in [9.17, 15) is 32.8 Å². The number of nitrogens with two attached hydrogens (primary N) is 3. The van der Waals surface area contributed by atoms with Crippen LogP contribution in [0.3, 0.4) is 0 Å². The van der Waals surface area contributed by atoms with Crippen LogP contribution < -0.4 is 61.0 Å². The molecule has 0 saturated heterocycles. The van der Waals surface area contributed by atoms with E-state index in [4.69, 9.17) is 28.8 Å². The van der Waals surface area contributed by atoms with Gasteiger partial charge in [-0.15, -0.1) is 0 Å². The number of nitrogens with zero attached hydrogens (tertiary/aromatic N) is 9. The molecule has 6 heterocycles. The number of H-pyrrole nitrogens is 3. The lowest BCUT2D eigenvalue weighted by Gasteiger charge is -2.30. The van der Waals surface area contributed by atoms with Crippen molar-refractivity contribution in [3.63, 3.8) is 0 Å². The van der Waals surface area contributed by atoms with Crippen LogP contribution in [0.25, 0.3) is 51.7 Å². The average Bonchev–Trinajstić information content (AvgIpc) is 0.806. The minimum absolute atomic E-state index is 0. The van der Waals surface area contributed by atoms with Gasteiger partial charge in [0.15, 0.2) is 45.8 Å². The highest BCUT2D eigenvalue weighted by Gasteiger charge is 2.27. The van der Waals surface area contributed by atoms with E-state index in [1.54, 1.807) is 4.57 Å². The number of fused-ring (bicyclic) bond motifs is 6. The number of aromatic nitrogens is 10. The quantitative estimate of drug-likeness (QED) is 0.0660. The van der Waals surface area contributed by atoms with Crippen molar-refractivity contribution in [2.45, 2.75) is 106 Å². The van der Waals surface area contributed by atoms with Crippen molar-refractivity contribution in [3.8, 4) is 23.0 Å². The summed E-state index contributed by atoms with van der Waals surface area (Å²) in [5.74, 6) is -1.00. The first-order chi connectivity index (χ1) is 41.9. The molecule has 12 rings (SSSR count). The van der Waals surface area contributed by atoms with Gasteiger partial charge in [0.25, 0.3) is 16.7 Å². The first kappa shape index (κ1) is 63.8. The van der Waals surface area contributed by atoms with Crippen LogP contribution in [-0.2, 0) is 32.4 Å². The third-order valence-electron chi connectivity index (χ3n) is 15.6. The zero-order valence-electron chi connectivity index (χ0n) is 49.4. The van der Waals surface area contributed by atoms with Crippen LogP contribution in [0, 0.1) is 60.1 Å². The zero-order valence-corrected chi connectivity index (χ0v) is 50.2. The van der Waals surface area contributed by atoms with Gasteiger partial charge in [0.2, 0.25) is 0 Å². The Labute approximate surface area is 514 Å². The normalized spacial score (nSPS) is 12.7. The molecule has 5 aliphatic rings. The highest BCUT2D eigenvalue weighted by molar-refractivity contribution is 6.31. The SMILES string of the molecule is C.C=c1nc2c(c(=O)[nH]1)=Nc1cc(C)c(C)cc1N2CC(N)Cc1ccccc1.Cc1cc2nc3c(=O)[nH]c(=O)nc-3n(CC(N)Cc3ccc(C)c(Cl)c3)c2cc1C.Cc1cc2nc3c(=O)[nH]c(=O)nc-3n(CC(N)Cc3ccc(F)c(F)c3)c2cc1C. The number of rotatable bonds is 12. The molecule has 3 unspecified atom stereocenters. The van der Waals surface area contributed by atoms with Crippen molar-refractivity contribution in [1.29, 1.82) is 0 Å². The lowest BCUT2D eigenvalue weighted by Crippen LogP contribution is -2.46. The number of anilines is 2. The molecule has 1 aromatic heterocycles. The van der Waals surface area contributed by atoms with Crippen LogP contribution in [-0.4, -0.2) is 73.7 Å². The van der Waals surface area contributed by atoms with Crippen LogP contribution in [0.2, 0.25) is 5.02 Å². The van der Waals surface area contributed by atoms with Gasteiger partial charge in [-0.1, -0.05) is 74.1 Å². The molecule has 3 atom stereocenters. The summed E-state index contributed by atoms with van der Waals surface area (Å²) in [7, 11) is 0. The molecule has 0 radical (unpaired) electrons. The van der Waals surface area contributed by atoms with Crippen molar-refractivity contribution >= 4 is 57.4 Å². The number of aryl methyl sites for hydroxylation is 7. The predicted molar refractivity (Wildman–Crippen MR) is 346 cm³/mol. The van der Waals surface area contributed by atoms with Gasteiger partial charge in [0, 0.05) is 42.8 Å². The van der Waals surface area contributed by atoms with E-state index in [0.717, 1.165) is 80.0 Å². The molecule has 7 aromatic rings. The van der Waals surface area contributed by atoms with Crippen LogP contribution in [0.1, 0.15) is 63.1 Å². The zero-order chi connectivity index (χ0) is 63.0. The molecule has 6 aromatic carbocycles. The monoisotopic (exact) mass is 1220 g/mol. The fourth-order valence-corrected chi connectivity index (χ4v) is 10.8. The molecule has 0 aliphatic carbocycles. The van der Waals surface area contributed by atoms with Crippen molar-refractivity contribution in [2.24, 2.45) is 22.2 Å². The van der Waals surface area contributed by atoms with Crippen LogP contribution in [0.15, 0.2) is 132 Å². The molecule has 0 bridgehead atoms. The van der Waals surface area contributed by atoms with Crippen LogP contribution in [0.4, 0.5) is 26.0 Å². The van der Waals surface area contributed by atoms with E-state index >= 15 is 0 Å². The van der Waals surface area contributed by atoms with Crippen molar-refractivity contribution < 1.29 is 8.78 Å². The average molecular weight is 1220 g/mol. The van der Waals surface area contributed by atoms with Crippen molar-refractivity contribution in [2.75, 3.05) is 11.4 Å². The Morgan fingerprint density at radius 2 is 1.00 bits per heavy atom. The Balaban J connectivity index is 0.000000158. The smallest absolute Gasteiger partial charge is 0.326 e. The molecule has 5 aliphatic heterocycles. The summed E-state index contributed by atoms with van der Waals surface area (Å²) in [5, 5.41) is 0.998. The maximum atomic E-state index is 13.5. The van der Waals surface area contributed by atoms with E-state index in [0.29, 0.717) is 63.3 Å². The first-order valence-electron chi connectivity index (χ1n) is 28.3. The number of hydrogen-bond acceptors (Lipinski definition) is 15. The van der Waals surface area contributed by atoms with Gasteiger partial charge >= 0.3 is 11.4 Å². The molecule has 89 heavy (non-hydrogen) atoms. The third kappa shape index (κ3) is 14.0. The largest absolute Gasteiger partial charge is 0.349 e. The molecule has 0 fully saturated rings. The Hall–Kier alpha value is -9.74. The molecule has 458 valence electrons. The molecule has 0 amide bonds. The van der Waals surface area contributed by atoms with Crippen LogP contribution in [0.5, 0.6) is 0 Å². The highest BCUT2D eigenvalue weighted by Crippen LogP contribution is 2.37. The summed E-state index contributed by atoms with van der Waals surface area (Å²) < 4.78 is 30.2. The van der Waals surface area contributed by atoms with Gasteiger partial charge in [-0.25, -0.2) is 38.3 Å². The maximum absolute atomic E-state index is 13.5. The molecule has 9 N–H and O–H groups in total. The molecule has 0 saturated carbocycles. The summed E-state index contributed by atoms with van der Waals surface area (Å²) >= 11 is 6.24. The summed E-state index contributed by atoms with van der Waals surface area (Å²) in [6.07, 6.45) is 1.56. The van der Waals surface area contributed by atoms with Gasteiger partial charge in [-0.05, 0) is 178 Å². The highest BCUT2D eigenvalue weighted by atomic mass is 35.5. The van der Waals surface area contributed by atoms with Gasteiger partial charge in [0.05, 0.1) is 33.4 Å². The van der Waals surface area contributed by atoms with E-state index in [-0.39, 0.29) is 61.1 Å². The number of nitrogens with one attached hydrogen (secondary N) is 3. The van der Waals surface area contributed by atoms with Gasteiger partial charge in [-0.2, -0.15) is 9.97 Å². The third-order valence-corrected chi connectivity index (χ3v) is 16.0. The molecular weight excluding hydrogens is 1160 g/mol. The van der Waals surface area contributed by atoms with Crippen molar-refractivity contribution in [1.82, 2.24) is 49.0 Å². The van der Waals surface area contributed by atoms with Gasteiger partial charge < -0.3 is 36.2 Å². The Morgan fingerprint density at radius 1 is 0.517 bits per heavy atom. The Bertz CT molecular complexity index is 4690. The van der Waals surface area contributed by atoms with Crippen LogP contribution >= 0.6 is 11.6 Å². The number of halogens is 3. The lowest BCUT2D eigenvalue weighted by atomic mass is 10.0. The second kappa shape index (κ2) is 26.3. The lowest BCUT2D eigenvalue weighted by molar-refractivity contribution is 0.503. The molecule has 23 heteroatoms. The summed E-state index contributed by atoms with van der Waals surface area (Å²) in [5.41, 5.74) is 31.3. The fourth-order valence-electron chi connectivity index (χ4n) is 10.6. The first-order valence-corrected chi connectivity index (χ1v) is 28.7.